The van der Waals surface area contributed by atoms with Crippen LogP contribution < -0.4 is 0 Å². The molecule has 0 saturated carbocycles. The van der Waals surface area contributed by atoms with Gasteiger partial charge in [-0.25, -0.2) is 0 Å². The van der Waals surface area contributed by atoms with Gasteiger partial charge in [-0.3, -0.25) is 4.68 Å². The van der Waals surface area contributed by atoms with E-state index in [4.69, 9.17) is 0 Å². The van der Waals surface area contributed by atoms with Gasteiger partial charge in [-0.1, -0.05) is 30.3 Å². The SMILES string of the molecule is O=CCC(c1ccccc1)n1cc(Br)cn1. The van der Waals surface area contributed by atoms with Crippen LogP contribution in [-0.2, 0) is 4.79 Å². The van der Waals surface area contributed by atoms with Crippen molar-refractivity contribution in [1.82, 2.24) is 9.78 Å². The van der Waals surface area contributed by atoms with Crippen LogP contribution in [0.4, 0.5) is 0 Å². The lowest BCUT2D eigenvalue weighted by Crippen LogP contribution is -2.11. The number of carbonyl (C=O) groups is 1. The van der Waals surface area contributed by atoms with E-state index in [2.05, 4.69) is 21.0 Å². The minimum absolute atomic E-state index is 0.0231. The minimum Gasteiger partial charge on any atom is -0.303 e. The topological polar surface area (TPSA) is 34.9 Å². The quantitative estimate of drug-likeness (QED) is 0.807. The number of benzene rings is 1. The van der Waals surface area contributed by atoms with Gasteiger partial charge in [-0.05, 0) is 21.5 Å². The molecule has 4 heteroatoms. The summed E-state index contributed by atoms with van der Waals surface area (Å²) in [5.74, 6) is 0. The highest BCUT2D eigenvalue weighted by atomic mass is 79.9. The number of aromatic nitrogens is 2. The summed E-state index contributed by atoms with van der Waals surface area (Å²) in [5, 5.41) is 4.22. The highest BCUT2D eigenvalue weighted by Gasteiger charge is 2.13. The van der Waals surface area contributed by atoms with Crippen LogP contribution in [0.15, 0.2) is 47.2 Å². The van der Waals surface area contributed by atoms with Crippen molar-refractivity contribution in [2.45, 2.75) is 12.5 Å². The first-order chi connectivity index (χ1) is 7.81. The number of rotatable bonds is 4. The average Bonchev–Trinajstić information content (AvgIpc) is 2.74. The third kappa shape index (κ3) is 2.39. The Balaban J connectivity index is 2.34. The third-order valence-corrected chi connectivity index (χ3v) is 2.80. The Kier molecular flexibility index (Phi) is 3.51. The van der Waals surface area contributed by atoms with Crippen LogP contribution in [0.25, 0.3) is 0 Å². The summed E-state index contributed by atoms with van der Waals surface area (Å²) in [6.45, 7) is 0. The van der Waals surface area contributed by atoms with Crippen LogP contribution in [-0.4, -0.2) is 16.1 Å². The molecule has 0 aliphatic carbocycles. The Hall–Kier alpha value is -1.42. The van der Waals surface area contributed by atoms with E-state index in [1.807, 2.05) is 36.5 Å². The Bertz CT molecular complexity index is 467. The molecule has 1 aromatic carbocycles. The van der Waals surface area contributed by atoms with E-state index >= 15 is 0 Å². The van der Waals surface area contributed by atoms with E-state index in [-0.39, 0.29) is 6.04 Å². The predicted molar refractivity (Wildman–Crippen MR) is 65.2 cm³/mol. The zero-order valence-electron chi connectivity index (χ0n) is 8.58. The molecule has 0 amide bonds. The second kappa shape index (κ2) is 5.07. The molecule has 0 aliphatic rings. The number of aldehydes is 1. The van der Waals surface area contributed by atoms with Crippen molar-refractivity contribution in [1.29, 1.82) is 0 Å². The molecule has 0 aliphatic heterocycles. The Labute approximate surface area is 102 Å². The zero-order valence-corrected chi connectivity index (χ0v) is 10.2. The van der Waals surface area contributed by atoms with Gasteiger partial charge in [0.2, 0.25) is 0 Å². The van der Waals surface area contributed by atoms with E-state index in [0.29, 0.717) is 6.42 Å². The number of hydrogen-bond donors (Lipinski definition) is 0. The molecule has 0 bridgehead atoms. The zero-order chi connectivity index (χ0) is 11.4. The second-order valence-corrected chi connectivity index (χ2v) is 4.38. The summed E-state index contributed by atoms with van der Waals surface area (Å²) >= 11 is 3.35. The molecule has 1 atom stereocenters. The molecule has 3 nitrogen and oxygen atoms in total. The molecule has 1 heterocycles. The van der Waals surface area contributed by atoms with Crippen molar-refractivity contribution in [3.05, 3.63) is 52.8 Å². The summed E-state index contributed by atoms with van der Waals surface area (Å²) in [5.41, 5.74) is 1.09. The summed E-state index contributed by atoms with van der Waals surface area (Å²) in [6, 6.07) is 9.87. The Morgan fingerprint density at radius 1 is 1.38 bits per heavy atom. The normalized spacial score (nSPS) is 12.3. The molecule has 0 N–H and O–H groups in total. The van der Waals surface area contributed by atoms with Crippen molar-refractivity contribution in [2.24, 2.45) is 0 Å². The van der Waals surface area contributed by atoms with Crippen LogP contribution in [0.2, 0.25) is 0 Å². The Morgan fingerprint density at radius 3 is 2.69 bits per heavy atom. The van der Waals surface area contributed by atoms with E-state index in [1.165, 1.54) is 0 Å². The Morgan fingerprint density at radius 2 is 2.12 bits per heavy atom. The summed E-state index contributed by atoms with van der Waals surface area (Å²) in [7, 11) is 0. The van der Waals surface area contributed by atoms with Crippen LogP contribution in [0.5, 0.6) is 0 Å². The van der Waals surface area contributed by atoms with E-state index < -0.39 is 0 Å². The summed E-state index contributed by atoms with van der Waals surface area (Å²) in [4.78, 5) is 10.7. The molecule has 0 spiro atoms. The number of hydrogen-bond acceptors (Lipinski definition) is 2. The molecule has 0 saturated heterocycles. The highest BCUT2D eigenvalue weighted by molar-refractivity contribution is 9.10. The van der Waals surface area contributed by atoms with E-state index in [0.717, 1.165) is 16.3 Å². The van der Waals surface area contributed by atoms with Crippen molar-refractivity contribution < 1.29 is 4.79 Å². The van der Waals surface area contributed by atoms with Crippen LogP contribution >= 0.6 is 15.9 Å². The summed E-state index contributed by atoms with van der Waals surface area (Å²) in [6.07, 6.45) is 4.95. The van der Waals surface area contributed by atoms with Crippen LogP contribution in [0.1, 0.15) is 18.0 Å². The lowest BCUT2D eigenvalue weighted by atomic mass is 10.1. The fourth-order valence-electron chi connectivity index (χ4n) is 1.65. The summed E-state index contributed by atoms with van der Waals surface area (Å²) < 4.78 is 2.72. The van der Waals surface area contributed by atoms with Crippen molar-refractivity contribution >= 4 is 22.2 Å². The third-order valence-electron chi connectivity index (χ3n) is 2.39. The van der Waals surface area contributed by atoms with Gasteiger partial charge in [0, 0.05) is 12.6 Å². The molecule has 82 valence electrons. The maximum atomic E-state index is 10.7. The van der Waals surface area contributed by atoms with Gasteiger partial charge in [-0.15, -0.1) is 0 Å². The van der Waals surface area contributed by atoms with Gasteiger partial charge >= 0.3 is 0 Å². The largest absolute Gasteiger partial charge is 0.303 e. The molecular weight excluding hydrogens is 268 g/mol. The molecule has 2 aromatic rings. The van der Waals surface area contributed by atoms with Crippen LogP contribution in [0.3, 0.4) is 0 Å². The van der Waals surface area contributed by atoms with Crippen LogP contribution in [0, 0.1) is 0 Å². The van der Waals surface area contributed by atoms with Crippen molar-refractivity contribution in [3.8, 4) is 0 Å². The van der Waals surface area contributed by atoms with E-state index in [9.17, 15) is 4.79 Å². The predicted octanol–water partition coefficient (Wildman–Crippen LogP) is 2.82. The van der Waals surface area contributed by atoms with Gasteiger partial charge in [0.25, 0.3) is 0 Å². The average molecular weight is 279 g/mol. The second-order valence-electron chi connectivity index (χ2n) is 3.47. The molecular formula is C12H11BrN2O. The van der Waals surface area contributed by atoms with Gasteiger partial charge in [0.05, 0.1) is 16.7 Å². The smallest absolute Gasteiger partial charge is 0.122 e. The van der Waals surface area contributed by atoms with E-state index in [1.54, 1.807) is 10.9 Å². The van der Waals surface area contributed by atoms with Gasteiger partial charge in [-0.2, -0.15) is 5.10 Å². The first kappa shape index (κ1) is 11.1. The molecule has 1 unspecified atom stereocenters. The van der Waals surface area contributed by atoms with Crippen molar-refractivity contribution in [2.75, 3.05) is 0 Å². The fourth-order valence-corrected chi connectivity index (χ4v) is 1.95. The first-order valence-corrected chi connectivity index (χ1v) is 5.79. The number of halogens is 1. The minimum atomic E-state index is -0.0231. The van der Waals surface area contributed by atoms with Gasteiger partial charge in [0.1, 0.15) is 6.29 Å². The lowest BCUT2D eigenvalue weighted by molar-refractivity contribution is -0.108. The number of carbonyl (C=O) groups excluding carboxylic acids is 1. The van der Waals surface area contributed by atoms with Gasteiger partial charge < -0.3 is 4.79 Å². The molecule has 16 heavy (non-hydrogen) atoms. The molecule has 0 fully saturated rings. The van der Waals surface area contributed by atoms with Crippen molar-refractivity contribution in [3.63, 3.8) is 0 Å². The molecule has 0 radical (unpaired) electrons. The maximum absolute atomic E-state index is 10.7. The molecule has 1 aromatic heterocycles. The fraction of sp³-hybridized carbons (Fsp3) is 0.167. The number of nitrogens with zero attached hydrogens (tertiary/aromatic N) is 2. The standard InChI is InChI=1S/C12H11BrN2O/c13-11-8-14-15(9-11)12(6-7-16)10-4-2-1-3-5-10/h1-5,7-9,12H,6H2. The highest BCUT2D eigenvalue weighted by Crippen LogP contribution is 2.21. The molecule has 2 rings (SSSR count). The monoisotopic (exact) mass is 278 g/mol. The van der Waals surface area contributed by atoms with Gasteiger partial charge in [0.15, 0.2) is 0 Å². The lowest BCUT2D eigenvalue weighted by Gasteiger charge is -2.15. The maximum Gasteiger partial charge on any atom is 0.122 e. The first-order valence-electron chi connectivity index (χ1n) is 4.99.